The molecule has 0 amide bonds. The van der Waals surface area contributed by atoms with E-state index in [4.69, 9.17) is 9.84 Å². The van der Waals surface area contributed by atoms with Crippen molar-refractivity contribution in [3.05, 3.63) is 0 Å². The number of hydrogen-bond donors (Lipinski definition) is 1. The smallest absolute Gasteiger partial charge is 0.309 e. The van der Waals surface area contributed by atoms with Crippen LogP contribution in [-0.2, 0) is 9.53 Å². The van der Waals surface area contributed by atoms with Crippen molar-refractivity contribution in [3.63, 3.8) is 0 Å². The van der Waals surface area contributed by atoms with Crippen LogP contribution in [0.15, 0.2) is 0 Å². The fraction of sp³-hybridized carbons (Fsp3) is 0.889. The molecule has 1 fully saturated rings. The Kier molecular flexibility index (Phi) is 3.09. The van der Waals surface area contributed by atoms with Gasteiger partial charge in [0.1, 0.15) is 0 Å². The third-order valence-corrected chi connectivity index (χ3v) is 2.46. The van der Waals surface area contributed by atoms with Crippen molar-refractivity contribution in [2.24, 2.45) is 5.41 Å². The lowest BCUT2D eigenvalue weighted by molar-refractivity contribution is -0.143. The van der Waals surface area contributed by atoms with E-state index in [-0.39, 0.29) is 5.41 Å². The summed E-state index contributed by atoms with van der Waals surface area (Å²) in [4.78, 5) is 10.7. The number of carboxylic acid groups (broad SMARTS) is 1. The van der Waals surface area contributed by atoms with Gasteiger partial charge in [0.2, 0.25) is 0 Å². The van der Waals surface area contributed by atoms with Gasteiger partial charge in [-0.2, -0.15) is 0 Å². The summed E-state index contributed by atoms with van der Waals surface area (Å²) in [5.74, 6) is -0.626. The average molecular weight is 172 g/mol. The van der Waals surface area contributed by atoms with Crippen molar-refractivity contribution in [2.45, 2.75) is 32.6 Å². The summed E-state index contributed by atoms with van der Waals surface area (Å²) in [6.07, 6.45) is 3.37. The van der Waals surface area contributed by atoms with E-state index in [0.717, 1.165) is 32.3 Å². The average Bonchev–Trinajstić information content (AvgIpc) is 2.79. The Balaban J connectivity index is 2.10. The van der Waals surface area contributed by atoms with E-state index in [1.54, 1.807) is 0 Å². The van der Waals surface area contributed by atoms with Gasteiger partial charge in [0.05, 0.1) is 5.41 Å². The first-order chi connectivity index (χ1) is 5.71. The van der Waals surface area contributed by atoms with E-state index >= 15 is 0 Å². The maximum absolute atomic E-state index is 10.7. The van der Waals surface area contributed by atoms with E-state index in [1.165, 1.54) is 0 Å². The molecule has 0 aromatic rings. The van der Waals surface area contributed by atoms with Gasteiger partial charge in [0.15, 0.2) is 0 Å². The summed E-state index contributed by atoms with van der Waals surface area (Å²) in [6, 6.07) is 0. The molecular weight excluding hydrogens is 156 g/mol. The third kappa shape index (κ3) is 2.21. The lowest BCUT2D eigenvalue weighted by Crippen LogP contribution is -2.15. The molecule has 1 aliphatic carbocycles. The Labute approximate surface area is 72.7 Å². The number of aliphatic carboxylic acids is 1. The molecule has 0 spiro atoms. The van der Waals surface area contributed by atoms with Gasteiger partial charge < -0.3 is 9.84 Å². The monoisotopic (exact) mass is 172 g/mol. The Hall–Kier alpha value is -0.570. The second-order valence-corrected chi connectivity index (χ2v) is 3.39. The molecule has 0 saturated heterocycles. The molecule has 3 heteroatoms. The normalized spacial score (nSPS) is 19.1. The summed E-state index contributed by atoms with van der Waals surface area (Å²) in [7, 11) is 0. The summed E-state index contributed by atoms with van der Waals surface area (Å²) in [5.41, 5.74) is -0.364. The highest BCUT2D eigenvalue weighted by atomic mass is 16.5. The van der Waals surface area contributed by atoms with Gasteiger partial charge in [-0.15, -0.1) is 0 Å². The minimum Gasteiger partial charge on any atom is -0.481 e. The number of carboxylic acids is 1. The number of hydrogen-bond acceptors (Lipinski definition) is 2. The summed E-state index contributed by atoms with van der Waals surface area (Å²) in [5, 5.41) is 8.82. The molecule has 1 saturated carbocycles. The lowest BCUT2D eigenvalue weighted by atomic mass is 10.0. The highest BCUT2D eigenvalue weighted by molar-refractivity contribution is 5.77. The van der Waals surface area contributed by atoms with Crippen LogP contribution in [0.4, 0.5) is 0 Å². The zero-order valence-electron chi connectivity index (χ0n) is 7.51. The van der Waals surface area contributed by atoms with Crippen LogP contribution in [0.3, 0.4) is 0 Å². The molecule has 1 rings (SSSR count). The van der Waals surface area contributed by atoms with Gasteiger partial charge in [-0.05, 0) is 32.6 Å². The number of carbonyl (C=O) groups is 1. The molecule has 0 aromatic carbocycles. The number of rotatable bonds is 6. The van der Waals surface area contributed by atoms with E-state index in [0.29, 0.717) is 6.61 Å². The minimum absolute atomic E-state index is 0.364. The van der Waals surface area contributed by atoms with Gasteiger partial charge in [-0.3, -0.25) is 4.79 Å². The molecular formula is C9H16O3. The van der Waals surface area contributed by atoms with Crippen LogP contribution in [0.1, 0.15) is 32.6 Å². The van der Waals surface area contributed by atoms with Crippen molar-refractivity contribution in [1.82, 2.24) is 0 Å². The van der Waals surface area contributed by atoms with Crippen molar-refractivity contribution < 1.29 is 14.6 Å². The second-order valence-electron chi connectivity index (χ2n) is 3.39. The van der Waals surface area contributed by atoms with Crippen LogP contribution in [0, 0.1) is 5.41 Å². The van der Waals surface area contributed by atoms with Crippen LogP contribution < -0.4 is 0 Å². The predicted octanol–water partition coefficient (Wildman–Crippen LogP) is 1.67. The maximum atomic E-state index is 10.7. The highest BCUT2D eigenvalue weighted by Crippen LogP contribution is 2.49. The SMILES string of the molecule is CCOCCCC1(C(=O)O)CC1. The van der Waals surface area contributed by atoms with Gasteiger partial charge in [-0.1, -0.05) is 0 Å². The van der Waals surface area contributed by atoms with E-state index in [2.05, 4.69) is 0 Å². The Morgan fingerprint density at radius 2 is 2.25 bits per heavy atom. The summed E-state index contributed by atoms with van der Waals surface area (Å²) in [6.45, 7) is 3.37. The first kappa shape index (κ1) is 9.52. The highest BCUT2D eigenvalue weighted by Gasteiger charge is 2.49. The molecule has 0 aromatic heterocycles. The first-order valence-corrected chi connectivity index (χ1v) is 4.52. The van der Waals surface area contributed by atoms with Crippen molar-refractivity contribution in [2.75, 3.05) is 13.2 Å². The third-order valence-electron chi connectivity index (χ3n) is 2.46. The molecule has 0 aliphatic heterocycles. The fourth-order valence-electron chi connectivity index (χ4n) is 1.38. The first-order valence-electron chi connectivity index (χ1n) is 4.52. The summed E-state index contributed by atoms with van der Waals surface area (Å²) < 4.78 is 5.14. The van der Waals surface area contributed by atoms with Crippen LogP contribution in [0.2, 0.25) is 0 Å². The molecule has 0 atom stereocenters. The van der Waals surface area contributed by atoms with Crippen LogP contribution in [0.25, 0.3) is 0 Å². The lowest BCUT2D eigenvalue weighted by Gasteiger charge is -2.08. The zero-order valence-corrected chi connectivity index (χ0v) is 7.51. The van der Waals surface area contributed by atoms with Crippen molar-refractivity contribution >= 4 is 5.97 Å². The topological polar surface area (TPSA) is 46.5 Å². The van der Waals surface area contributed by atoms with Crippen LogP contribution >= 0.6 is 0 Å². The van der Waals surface area contributed by atoms with Crippen LogP contribution in [-0.4, -0.2) is 24.3 Å². The van der Waals surface area contributed by atoms with Gasteiger partial charge in [-0.25, -0.2) is 0 Å². The van der Waals surface area contributed by atoms with E-state index in [1.807, 2.05) is 6.92 Å². The molecule has 0 bridgehead atoms. The van der Waals surface area contributed by atoms with Crippen LogP contribution in [0.5, 0.6) is 0 Å². The van der Waals surface area contributed by atoms with E-state index in [9.17, 15) is 4.79 Å². The second kappa shape index (κ2) is 3.90. The Morgan fingerprint density at radius 1 is 1.58 bits per heavy atom. The molecule has 70 valence electrons. The van der Waals surface area contributed by atoms with Gasteiger partial charge >= 0.3 is 5.97 Å². The minimum atomic E-state index is -0.626. The molecule has 0 unspecified atom stereocenters. The van der Waals surface area contributed by atoms with Crippen molar-refractivity contribution in [1.29, 1.82) is 0 Å². The molecule has 0 heterocycles. The van der Waals surface area contributed by atoms with Gasteiger partial charge in [0.25, 0.3) is 0 Å². The molecule has 0 radical (unpaired) electrons. The Bertz CT molecular complexity index is 161. The molecule has 1 aliphatic rings. The van der Waals surface area contributed by atoms with E-state index < -0.39 is 5.97 Å². The van der Waals surface area contributed by atoms with Crippen molar-refractivity contribution in [3.8, 4) is 0 Å². The zero-order chi connectivity index (χ0) is 9.03. The Morgan fingerprint density at radius 3 is 2.67 bits per heavy atom. The standard InChI is InChI=1S/C9H16O3/c1-2-12-7-3-4-9(5-6-9)8(10)11/h2-7H2,1H3,(H,10,11). The maximum Gasteiger partial charge on any atom is 0.309 e. The van der Waals surface area contributed by atoms with Gasteiger partial charge in [0, 0.05) is 13.2 Å². The molecule has 1 N–H and O–H groups in total. The molecule has 3 nitrogen and oxygen atoms in total. The fourth-order valence-corrected chi connectivity index (χ4v) is 1.38. The predicted molar refractivity (Wildman–Crippen MR) is 45.0 cm³/mol. The largest absolute Gasteiger partial charge is 0.481 e. The summed E-state index contributed by atoms with van der Waals surface area (Å²) >= 11 is 0. The number of ether oxygens (including phenoxy) is 1. The molecule has 12 heavy (non-hydrogen) atoms. The quantitative estimate of drug-likeness (QED) is 0.620.